The second-order valence-electron chi connectivity index (χ2n) is 6.99. The van der Waals surface area contributed by atoms with Gasteiger partial charge >= 0.3 is 0 Å². The predicted molar refractivity (Wildman–Crippen MR) is 102 cm³/mol. The van der Waals surface area contributed by atoms with Crippen molar-refractivity contribution in [3.8, 4) is 17.1 Å². The summed E-state index contributed by atoms with van der Waals surface area (Å²) < 4.78 is 17.7. The Morgan fingerprint density at radius 1 is 1.39 bits per heavy atom. The molecule has 1 aliphatic rings. The number of phenols is 1. The molecule has 142 valence electrons. The van der Waals surface area contributed by atoms with E-state index in [9.17, 15) is 14.3 Å². The molecule has 9 heteroatoms. The molecular weight excluding hydrogens is 363 g/mol. The summed E-state index contributed by atoms with van der Waals surface area (Å²) in [7, 11) is 1.67. The molecule has 4 heterocycles. The molecule has 0 radical (unpaired) electrons. The minimum absolute atomic E-state index is 0.0811. The molecule has 0 aliphatic carbocycles. The molecule has 28 heavy (non-hydrogen) atoms. The second kappa shape index (κ2) is 6.10. The third-order valence-electron chi connectivity index (χ3n) is 5.17. The summed E-state index contributed by atoms with van der Waals surface area (Å²) >= 11 is 0. The van der Waals surface area contributed by atoms with Crippen molar-refractivity contribution in [1.82, 2.24) is 29.6 Å². The van der Waals surface area contributed by atoms with Gasteiger partial charge in [0.1, 0.15) is 5.52 Å². The number of rotatable bonds is 2. The van der Waals surface area contributed by atoms with E-state index < -0.39 is 11.6 Å². The highest BCUT2D eigenvalue weighted by Gasteiger charge is 2.21. The van der Waals surface area contributed by atoms with Crippen molar-refractivity contribution >= 4 is 21.8 Å². The number of pyridine rings is 1. The number of halogens is 1. The van der Waals surface area contributed by atoms with Crippen LogP contribution in [-0.2, 0) is 7.05 Å². The monoisotopic (exact) mass is 380 g/mol. The fourth-order valence-electron chi connectivity index (χ4n) is 3.75. The first-order valence-electron chi connectivity index (χ1n) is 8.97. The van der Waals surface area contributed by atoms with E-state index in [2.05, 4.69) is 20.4 Å². The highest BCUT2D eigenvalue weighted by Crippen LogP contribution is 2.34. The standard InChI is InChI=1S/C19H17FN6O2/c1-25-9-10-6-12(17(27)15(20)16(10)24-25)18-22-8-13-14(23-18)3-5-26(19(13)28)11-2-4-21-7-11/h3,5-6,8-9,11,21,27H,2,4,7H2,1H3. The highest BCUT2D eigenvalue weighted by molar-refractivity contribution is 5.88. The van der Waals surface area contributed by atoms with E-state index in [1.54, 1.807) is 36.1 Å². The van der Waals surface area contributed by atoms with Gasteiger partial charge in [0.2, 0.25) is 0 Å². The van der Waals surface area contributed by atoms with Gasteiger partial charge in [-0.2, -0.15) is 5.10 Å². The summed E-state index contributed by atoms with van der Waals surface area (Å²) in [5.41, 5.74) is 0.529. The van der Waals surface area contributed by atoms with E-state index in [1.165, 1.54) is 10.9 Å². The third-order valence-corrected chi connectivity index (χ3v) is 5.17. The van der Waals surface area contributed by atoms with Crippen molar-refractivity contribution in [2.75, 3.05) is 13.1 Å². The first-order chi connectivity index (χ1) is 13.5. The number of nitrogens with one attached hydrogen (secondary N) is 1. The second-order valence-corrected chi connectivity index (χ2v) is 6.99. The van der Waals surface area contributed by atoms with Crippen molar-refractivity contribution in [1.29, 1.82) is 0 Å². The zero-order valence-electron chi connectivity index (χ0n) is 15.1. The zero-order valence-corrected chi connectivity index (χ0v) is 15.1. The summed E-state index contributed by atoms with van der Waals surface area (Å²) in [6, 6.07) is 3.45. The number of hydrogen-bond donors (Lipinski definition) is 2. The molecule has 4 aromatic rings. The van der Waals surface area contributed by atoms with E-state index in [0.29, 0.717) is 16.3 Å². The molecule has 1 fully saturated rings. The van der Waals surface area contributed by atoms with Crippen molar-refractivity contribution in [2.24, 2.45) is 7.05 Å². The predicted octanol–water partition coefficient (Wildman–Crippen LogP) is 1.72. The van der Waals surface area contributed by atoms with E-state index in [4.69, 9.17) is 0 Å². The molecule has 1 atom stereocenters. The molecule has 1 unspecified atom stereocenters. The number of fused-ring (bicyclic) bond motifs is 2. The number of phenolic OH excluding ortho intramolecular Hbond substituents is 1. The molecule has 1 saturated heterocycles. The fraction of sp³-hybridized carbons (Fsp3) is 0.263. The quantitative estimate of drug-likeness (QED) is 0.550. The molecule has 0 amide bonds. The average Bonchev–Trinajstić information content (AvgIpc) is 3.34. The lowest BCUT2D eigenvalue weighted by Gasteiger charge is -2.13. The summed E-state index contributed by atoms with van der Waals surface area (Å²) in [5.74, 6) is -1.23. The first kappa shape index (κ1) is 16.8. The highest BCUT2D eigenvalue weighted by atomic mass is 19.1. The van der Waals surface area contributed by atoms with Crippen molar-refractivity contribution in [3.63, 3.8) is 0 Å². The smallest absolute Gasteiger partial charge is 0.261 e. The number of aryl methyl sites for hydroxylation is 1. The maximum atomic E-state index is 14.5. The third kappa shape index (κ3) is 2.47. The minimum atomic E-state index is -0.819. The largest absolute Gasteiger partial charge is 0.504 e. The number of nitrogens with zero attached hydrogens (tertiary/aromatic N) is 5. The van der Waals surface area contributed by atoms with Crippen LogP contribution >= 0.6 is 0 Å². The van der Waals surface area contributed by atoms with E-state index in [0.717, 1.165) is 19.5 Å². The van der Waals surface area contributed by atoms with E-state index in [-0.39, 0.29) is 28.5 Å². The van der Waals surface area contributed by atoms with E-state index >= 15 is 0 Å². The van der Waals surface area contributed by atoms with Gasteiger partial charge in [-0.05, 0) is 25.1 Å². The molecule has 3 aromatic heterocycles. The molecule has 8 nitrogen and oxygen atoms in total. The van der Waals surface area contributed by atoms with Gasteiger partial charge in [0, 0.05) is 37.6 Å². The summed E-state index contributed by atoms with van der Waals surface area (Å²) in [6.45, 7) is 1.63. The van der Waals surface area contributed by atoms with Crippen LogP contribution in [0.25, 0.3) is 33.2 Å². The Hall–Kier alpha value is -3.33. The van der Waals surface area contributed by atoms with Gasteiger partial charge < -0.3 is 15.0 Å². The van der Waals surface area contributed by atoms with Gasteiger partial charge in [-0.25, -0.2) is 14.4 Å². The lowest BCUT2D eigenvalue weighted by Crippen LogP contribution is -2.26. The van der Waals surface area contributed by atoms with Crippen LogP contribution in [0.5, 0.6) is 5.75 Å². The lowest BCUT2D eigenvalue weighted by atomic mass is 10.1. The molecule has 2 N–H and O–H groups in total. The maximum absolute atomic E-state index is 14.5. The van der Waals surface area contributed by atoms with Crippen LogP contribution in [0.4, 0.5) is 4.39 Å². The zero-order chi connectivity index (χ0) is 19.4. The topological polar surface area (TPSA) is 97.9 Å². The van der Waals surface area contributed by atoms with Crippen molar-refractivity contribution in [2.45, 2.75) is 12.5 Å². The maximum Gasteiger partial charge on any atom is 0.261 e. The minimum Gasteiger partial charge on any atom is -0.504 e. The Kier molecular flexibility index (Phi) is 3.66. The summed E-state index contributed by atoms with van der Waals surface area (Å²) in [6.07, 6.45) is 5.70. The van der Waals surface area contributed by atoms with Gasteiger partial charge in [-0.3, -0.25) is 9.48 Å². The molecule has 5 rings (SSSR count). The van der Waals surface area contributed by atoms with Gasteiger partial charge in [-0.15, -0.1) is 0 Å². The van der Waals surface area contributed by atoms with Crippen molar-refractivity contribution < 1.29 is 9.50 Å². The first-order valence-corrected chi connectivity index (χ1v) is 8.97. The van der Waals surface area contributed by atoms with Crippen LogP contribution in [0.15, 0.2) is 35.5 Å². The molecule has 1 aliphatic heterocycles. The van der Waals surface area contributed by atoms with Gasteiger partial charge in [0.25, 0.3) is 5.56 Å². The Labute approximate surface area is 158 Å². The van der Waals surface area contributed by atoms with E-state index in [1.807, 2.05) is 0 Å². The SMILES string of the molecule is Cn1cc2cc(-c3ncc4c(=O)n(C5CCNC5)ccc4n3)c(O)c(F)c2n1. The molecule has 1 aromatic carbocycles. The Balaban J connectivity index is 1.66. The normalized spacial score (nSPS) is 17.0. The number of benzene rings is 1. The average molecular weight is 380 g/mol. The molecule has 0 saturated carbocycles. The molecule has 0 spiro atoms. The van der Waals surface area contributed by atoms with Gasteiger partial charge in [0.05, 0.1) is 22.5 Å². The Morgan fingerprint density at radius 3 is 3.04 bits per heavy atom. The van der Waals surface area contributed by atoms with Crippen LogP contribution in [0.2, 0.25) is 0 Å². The van der Waals surface area contributed by atoms with Gasteiger partial charge in [-0.1, -0.05) is 0 Å². The Bertz CT molecular complexity index is 1290. The fourth-order valence-corrected chi connectivity index (χ4v) is 3.75. The van der Waals surface area contributed by atoms with Gasteiger partial charge in [0.15, 0.2) is 17.4 Å². The Morgan fingerprint density at radius 2 is 2.25 bits per heavy atom. The van der Waals surface area contributed by atoms with Crippen molar-refractivity contribution in [3.05, 3.63) is 46.9 Å². The van der Waals surface area contributed by atoms with Crippen LogP contribution in [0, 0.1) is 5.82 Å². The molecular formula is C19H17FN6O2. The summed E-state index contributed by atoms with van der Waals surface area (Å²) in [4.78, 5) is 21.4. The van der Waals surface area contributed by atoms with Crippen LogP contribution < -0.4 is 10.9 Å². The van der Waals surface area contributed by atoms with Crippen LogP contribution in [0.3, 0.4) is 0 Å². The lowest BCUT2D eigenvalue weighted by molar-refractivity contribution is 0.437. The van der Waals surface area contributed by atoms with Crippen LogP contribution in [0.1, 0.15) is 12.5 Å². The van der Waals surface area contributed by atoms with Crippen LogP contribution in [-0.4, -0.2) is 42.5 Å². The number of aromatic nitrogens is 5. The number of aromatic hydroxyl groups is 1. The molecule has 0 bridgehead atoms. The number of hydrogen-bond acceptors (Lipinski definition) is 6. The summed E-state index contributed by atoms with van der Waals surface area (Å²) in [5, 5.41) is 18.5.